The number of carbonyl (C=O) groups is 1. The first-order chi connectivity index (χ1) is 9.25. The average Bonchev–Trinajstić information content (AvgIpc) is 2.36. The van der Waals surface area contributed by atoms with Crippen LogP contribution in [0, 0.1) is 17.2 Å². The lowest BCUT2D eigenvalue weighted by Crippen LogP contribution is -2.44. The summed E-state index contributed by atoms with van der Waals surface area (Å²) in [5.74, 6) is -1.89. The van der Waals surface area contributed by atoms with Crippen LogP contribution in [0.5, 0.6) is 0 Å². The molecule has 1 aromatic carbocycles. The predicted molar refractivity (Wildman–Crippen MR) is 73.2 cm³/mol. The molecule has 20 heavy (non-hydrogen) atoms. The summed E-state index contributed by atoms with van der Waals surface area (Å²) in [5.41, 5.74) is 0.925. The summed E-state index contributed by atoms with van der Waals surface area (Å²) in [4.78, 5) is 11.0. The molecule has 0 amide bonds. The van der Waals surface area contributed by atoms with E-state index in [2.05, 4.69) is 4.72 Å². The van der Waals surface area contributed by atoms with Gasteiger partial charge in [-0.3, -0.25) is 4.79 Å². The molecule has 0 heterocycles. The fourth-order valence-electron chi connectivity index (χ4n) is 1.60. The molecular formula is C13H16N2O4S. The van der Waals surface area contributed by atoms with E-state index in [0.29, 0.717) is 11.1 Å². The number of sulfonamides is 1. The highest BCUT2D eigenvalue weighted by Crippen LogP contribution is 2.10. The van der Waals surface area contributed by atoms with E-state index in [0.717, 1.165) is 0 Å². The van der Waals surface area contributed by atoms with E-state index in [1.165, 1.54) is 24.3 Å². The number of carboxylic acid groups (broad SMARTS) is 1. The Kier molecular flexibility index (Phi) is 5.25. The molecule has 0 aromatic heterocycles. The minimum Gasteiger partial charge on any atom is -0.480 e. The maximum atomic E-state index is 11.9. The topological polar surface area (TPSA) is 107 Å². The monoisotopic (exact) mass is 296 g/mol. The Bertz CT molecular complexity index is 615. The van der Waals surface area contributed by atoms with Crippen molar-refractivity contribution < 1.29 is 18.3 Å². The molecule has 0 bridgehead atoms. The third kappa shape index (κ3) is 4.64. The Morgan fingerprint density at radius 3 is 2.30 bits per heavy atom. The lowest BCUT2D eigenvalue weighted by molar-refractivity contribution is -0.140. The largest absolute Gasteiger partial charge is 0.480 e. The minimum absolute atomic E-state index is 0.324. The zero-order chi connectivity index (χ0) is 15.3. The normalized spacial score (nSPS) is 12.9. The molecule has 1 rings (SSSR count). The van der Waals surface area contributed by atoms with Gasteiger partial charge in [-0.2, -0.15) is 5.26 Å². The Hall–Kier alpha value is -1.91. The van der Waals surface area contributed by atoms with Crippen molar-refractivity contribution in [1.29, 1.82) is 5.26 Å². The maximum Gasteiger partial charge on any atom is 0.321 e. The first-order valence-corrected chi connectivity index (χ1v) is 7.62. The highest BCUT2D eigenvalue weighted by atomic mass is 32.2. The van der Waals surface area contributed by atoms with Gasteiger partial charge in [0.25, 0.3) is 0 Å². The molecule has 1 atom stereocenters. The number of carboxylic acids is 1. The van der Waals surface area contributed by atoms with Crippen molar-refractivity contribution in [3.63, 3.8) is 0 Å². The standard InChI is InChI=1S/C13H16N2O4S/c1-9(2)12(13(16)17)15-20(18,19)8-11-5-3-10(7-14)4-6-11/h3-6,9,12,15H,8H2,1-2H3,(H,16,17). The van der Waals surface area contributed by atoms with Crippen LogP contribution in [0.3, 0.4) is 0 Å². The molecule has 0 aliphatic carbocycles. The molecule has 0 spiro atoms. The van der Waals surface area contributed by atoms with E-state index in [9.17, 15) is 13.2 Å². The fraction of sp³-hybridized carbons (Fsp3) is 0.385. The molecule has 0 aliphatic heterocycles. The van der Waals surface area contributed by atoms with E-state index < -0.39 is 22.0 Å². The summed E-state index contributed by atoms with van der Waals surface area (Å²) < 4.78 is 26.0. The van der Waals surface area contributed by atoms with E-state index in [-0.39, 0.29) is 11.7 Å². The van der Waals surface area contributed by atoms with Crippen LogP contribution >= 0.6 is 0 Å². The Morgan fingerprint density at radius 1 is 1.35 bits per heavy atom. The molecular weight excluding hydrogens is 280 g/mol. The molecule has 7 heteroatoms. The van der Waals surface area contributed by atoms with Gasteiger partial charge in [0.15, 0.2) is 0 Å². The smallest absolute Gasteiger partial charge is 0.321 e. The van der Waals surface area contributed by atoms with Gasteiger partial charge in [-0.1, -0.05) is 26.0 Å². The SMILES string of the molecule is CC(C)C(NS(=O)(=O)Cc1ccc(C#N)cc1)C(=O)O. The van der Waals surface area contributed by atoms with Crippen molar-refractivity contribution in [3.05, 3.63) is 35.4 Å². The lowest BCUT2D eigenvalue weighted by Gasteiger charge is -2.17. The number of nitrogens with zero attached hydrogens (tertiary/aromatic N) is 1. The van der Waals surface area contributed by atoms with Crippen molar-refractivity contribution in [2.75, 3.05) is 0 Å². The van der Waals surface area contributed by atoms with Crippen LogP contribution in [0.1, 0.15) is 25.0 Å². The summed E-state index contributed by atoms with van der Waals surface area (Å²) in [6, 6.07) is 6.88. The van der Waals surface area contributed by atoms with Crippen molar-refractivity contribution in [3.8, 4) is 6.07 Å². The van der Waals surface area contributed by atoms with E-state index in [1.807, 2.05) is 6.07 Å². The Labute approximate surface area is 118 Å². The van der Waals surface area contributed by atoms with Crippen LogP contribution in [0.4, 0.5) is 0 Å². The number of nitrogens with one attached hydrogen (secondary N) is 1. The molecule has 0 saturated heterocycles. The maximum absolute atomic E-state index is 11.9. The quantitative estimate of drug-likeness (QED) is 0.817. The number of nitriles is 1. The van der Waals surface area contributed by atoms with Gasteiger partial charge in [0.05, 0.1) is 17.4 Å². The second-order valence-corrected chi connectivity index (χ2v) is 6.50. The summed E-state index contributed by atoms with van der Waals surface area (Å²) in [6.07, 6.45) is 0. The van der Waals surface area contributed by atoms with Gasteiger partial charge >= 0.3 is 5.97 Å². The van der Waals surface area contributed by atoms with E-state index in [1.54, 1.807) is 13.8 Å². The van der Waals surface area contributed by atoms with E-state index in [4.69, 9.17) is 10.4 Å². The number of benzene rings is 1. The van der Waals surface area contributed by atoms with Gasteiger partial charge in [-0.05, 0) is 23.6 Å². The lowest BCUT2D eigenvalue weighted by atomic mass is 10.1. The zero-order valence-electron chi connectivity index (χ0n) is 11.2. The molecule has 0 radical (unpaired) electrons. The van der Waals surface area contributed by atoms with Crippen LogP contribution in [0.2, 0.25) is 0 Å². The molecule has 1 aromatic rings. The number of hydrogen-bond donors (Lipinski definition) is 2. The van der Waals surface area contributed by atoms with Crippen LogP contribution in [0.25, 0.3) is 0 Å². The Balaban J connectivity index is 2.83. The van der Waals surface area contributed by atoms with Crippen molar-refractivity contribution >= 4 is 16.0 Å². The van der Waals surface area contributed by atoms with Crippen LogP contribution in [-0.4, -0.2) is 25.5 Å². The summed E-state index contributed by atoms with van der Waals surface area (Å²) in [6.45, 7) is 3.26. The highest BCUT2D eigenvalue weighted by molar-refractivity contribution is 7.88. The van der Waals surface area contributed by atoms with Crippen LogP contribution in [-0.2, 0) is 20.6 Å². The van der Waals surface area contributed by atoms with Gasteiger partial charge < -0.3 is 5.11 Å². The Morgan fingerprint density at radius 2 is 1.90 bits per heavy atom. The summed E-state index contributed by atoms with van der Waals surface area (Å²) in [7, 11) is -3.76. The second kappa shape index (κ2) is 6.50. The predicted octanol–water partition coefficient (Wildman–Crippen LogP) is 1.09. The number of rotatable bonds is 6. The third-order valence-corrected chi connectivity index (χ3v) is 4.01. The summed E-state index contributed by atoms with van der Waals surface area (Å²) >= 11 is 0. The van der Waals surface area contributed by atoms with Crippen LogP contribution < -0.4 is 4.72 Å². The van der Waals surface area contributed by atoms with Crippen molar-refractivity contribution in [2.45, 2.75) is 25.6 Å². The van der Waals surface area contributed by atoms with Gasteiger partial charge in [-0.15, -0.1) is 0 Å². The highest BCUT2D eigenvalue weighted by Gasteiger charge is 2.26. The molecule has 1 unspecified atom stereocenters. The fourth-order valence-corrected chi connectivity index (χ4v) is 3.08. The number of aliphatic carboxylic acids is 1. The van der Waals surface area contributed by atoms with Crippen molar-refractivity contribution in [2.24, 2.45) is 5.92 Å². The van der Waals surface area contributed by atoms with Gasteiger partial charge in [0.1, 0.15) is 6.04 Å². The zero-order valence-corrected chi connectivity index (χ0v) is 12.0. The first-order valence-electron chi connectivity index (χ1n) is 5.97. The second-order valence-electron chi connectivity index (χ2n) is 4.75. The minimum atomic E-state index is -3.76. The van der Waals surface area contributed by atoms with Crippen LogP contribution in [0.15, 0.2) is 24.3 Å². The molecule has 108 valence electrons. The van der Waals surface area contributed by atoms with Crippen molar-refractivity contribution in [1.82, 2.24) is 4.72 Å². The molecule has 0 aliphatic rings. The molecule has 0 saturated carbocycles. The number of hydrogen-bond acceptors (Lipinski definition) is 4. The van der Waals surface area contributed by atoms with Gasteiger partial charge in [0, 0.05) is 0 Å². The summed E-state index contributed by atoms with van der Waals surface area (Å²) in [5, 5.41) is 17.6. The third-order valence-electron chi connectivity index (χ3n) is 2.68. The van der Waals surface area contributed by atoms with E-state index >= 15 is 0 Å². The molecule has 6 nitrogen and oxygen atoms in total. The first kappa shape index (κ1) is 16.1. The van der Waals surface area contributed by atoms with Gasteiger partial charge in [-0.25, -0.2) is 13.1 Å². The average molecular weight is 296 g/mol. The molecule has 0 fully saturated rings. The van der Waals surface area contributed by atoms with Gasteiger partial charge in [0.2, 0.25) is 10.0 Å². The molecule has 2 N–H and O–H groups in total.